The third-order valence-electron chi connectivity index (χ3n) is 4.36. The smallest absolute Gasteiger partial charge is 0.265 e. The Morgan fingerprint density at radius 1 is 1.14 bits per heavy atom. The molecule has 1 aromatic heterocycles. The van der Waals surface area contributed by atoms with Crippen LogP contribution in [0.3, 0.4) is 0 Å². The molecule has 0 fully saturated rings. The highest BCUT2D eigenvalue weighted by molar-refractivity contribution is 7.90. The van der Waals surface area contributed by atoms with Crippen molar-refractivity contribution in [1.29, 1.82) is 0 Å². The Hall–Kier alpha value is -2.64. The van der Waals surface area contributed by atoms with Gasteiger partial charge in [-0.2, -0.15) is 0 Å². The molecule has 0 atom stereocenters. The lowest BCUT2D eigenvalue weighted by Gasteiger charge is -2.27. The van der Waals surface area contributed by atoms with E-state index in [0.717, 1.165) is 11.6 Å². The van der Waals surface area contributed by atoms with Gasteiger partial charge in [0.1, 0.15) is 11.3 Å². The van der Waals surface area contributed by atoms with Crippen LogP contribution in [0.4, 0.5) is 5.69 Å². The van der Waals surface area contributed by atoms with E-state index in [1.165, 1.54) is 12.1 Å². The van der Waals surface area contributed by atoms with Crippen LogP contribution in [0, 0.1) is 0 Å². The van der Waals surface area contributed by atoms with Gasteiger partial charge in [-0.1, -0.05) is 11.6 Å². The van der Waals surface area contributed by atoms with Gasteiger partial charge in [-0.05, 0) is 62.4 Å². The molecular formula is C21H21ClN2O4S. The quantitative estimate of drug-likeness (QED) is 0.585. The third-order valence-corrected chi connectivity index (χ3v) is 5.82. The summed E-state index contributed by atoms with van der Waals surface area (Å²) in [6, 6.07) is 13.1. The van der Waals surface area contributed by atoms with E-state index >= 15 is 0 Å². The zero-order chi connectivity index (χ0) is 21.2. The molecule has 152 valence electrons. The maximum absolute atomic E-state index is 12.9. The molecule has 6 nitrogen and oxygen atoms in total. The van der Waals surface area contributed by atoms with Crippen molar-refractivity contribution in [2.75, 3.05) is 17.8 Å². The number of anilines is 1. The second-order valence-electron chi connectivity index (χ2n) is 6.86. The number of pyridine rings is 1. The lowest BCUT2D eigenvalue weighted by molar-refractivity contribution is -0.120. The van der Waals surface area contributed by atoms with Crippen LogP contribution >= 0.6 is 11.6 Å². The molecule has 0 N–H and O–H groups in total. The molecule has 0 aliphatic carbocycles. The van der Waals surface area contributed by atoms with Crippen LogP contribution in [0.2, 0.25) is 5.02 Å². The van der Waals surface area contributed by atoms with Crippen LogP contribution in [0.1, 0.15) is 13.8 Å². The first-order valence-corrected chi connectivity index (χ1v) is 11.2. The van der Waals surface area contributed by atoms with Crippen LogP contribution in [0.15, 0.2) is 59.6 Å². The van der Waals surface area contributed by atoms with Crippen molar-refractivity contribution in [3.63, 3.8) is 0 Å². The van der Waals surface area contributed by atoms with Crippen molar-refractivity contribution in [3.8, 4) is 5.75 Å². The number of rotatable bonds is 6. The van der Waals surface area contributed by atoms with E-state index in [1.807, 2.05) is 19.9 Å². The summed E-state index contributed by atoms with van der Waals surface area (Å²) in [6.45, 7) is 3.56. The summed E-state index contributed by atoms with van der Waals surface area (Å²) in [5.74, 6) is 0.209. The Morgan fingerprint density at radius 2 is 1.83 bits per heavy atom. The Kier molecular flexibility index (Phi) is 6.10. The summed E-state index contributed by atoms with van der Waals surface area (Å²) in [6.07, 6.45) is 2.78. The minimum Gasteiger partial charge on any atom is -0.481 e. The molecule has 0 bridgehead atoms. The Morgan fingerprint density at radius 3 is 2.45 bits per heavy atom. The van der Waals surface area contributed by atoms with Gasteiger partial charge < -0.3 is 9.64 Å². The van der Waals surface area contributed by atoms with Crippen molar-refractivity contribution < 1.29 is 17.9 Å². The minimum absolute atomic E-state index is 0.143. The predicted molar refractivity (Wildman–Crippen MR) is 114 cm³/mol. The molecule has 0 aliphatic heterocycles. The van der Waals surface area contributed by atoms with E-state index in [4.69, 9.17) is 16.3 Å². The van der Waals surface area contributed by atoms with Crippen molar-refractivity contribution >= 4 is 43.9 Å². The van der Waals surface area contributed by atoms with E-state index in [9.17, 15) is 13.2 Å². The van der Waals surface area contributed by atoms with Crippen molar-refractivity contribution in [3.05, 3.63) is 59.8 Å². The summed E-state index contributed by atoms with van der Waals surface area (Å²) in [5.41, 5.74) is 1.18. The van der Waals surface area contributed by atoms with Gasteiger partial charge in [-0.25, -0.2) is 8.42 Å². The second kappa shape index (κ2) is 8.39. The largest absolute Gasteiger partial charge is 0.481 e. The number of sulfone groups is 1. The van der Waals surface area contributed by atoms with Crippen LogP contribution in [-0.4, -0.2) is 38.2 Å². The zero-order valence-electron chi connectivity index (χ0n) is 16.3. The average molecular weight is 433 g/mol. The fourth-order valence-electron chi connectivity index (χ4n) is 3.02. The normalized spacial score (nSPS) is 11.6. The Balaban J connectivity index is 1.82. The molecule has 3 rings (SSSR count). The number of hydrogen-bond acceptors (Lipinski definition) is 5. The molecule has 0 saturated carbocycles. The average Bonchev–Trinajstić information content (AvgIpc) is 2.67. The number of amides is 1. The molecule has 8 heteroatoms. The van der Waals surface area contributed by atoms with Gasteiger partial charge in [-0.3, -0.25) is 9.78 Å². The van der Waals surface area contributed by atoms with Crippen molar-refractivity contribution in [2.45, 2.75) is 24.8 Å². The lowest BCUT2D eigenvalue weighted by atomic mass is 10.2. The SMILES string of the molecule is CC(C)N(C(=O)COc1ccc(Cl)c2cccnc12)c1ccc(S(C)(=O)=O)cc1. The highest BCUT2D eigenvalue weighted by Crippen LogP contribution is 2.30. The summed E-state index contributed by atoms with van der Waals surface area (Å²) in [7, 11) is -3.30. The van der Waals surface area contributed by atoms with E-state index in [0.29, 0.717) is 22.0 Å². The molecule has 0 radical (unpaired) electrons. The van der Waals surface area contributed by atoms with Gasteiger partial charge in [0.15, 0.2) is 16.4 Å². The Labute approximate surface area is 175 Å². The number of aromatic nitrogens is 1. The zero-order valence-corrected chi connectivity index (χ0v) is 17.9. The van der Waals surface area contributed by atoms with Crippen LogP contribution in [0.5, 0.6) is 5.75 Å². The lowest BCUT2D eigenvalue weighted by Crippen LogP contribution is -2.40. The maximum Gasteiger partial charge on any atom is 0.265 e. The molecule has 2 aromatic carbocycles. The van der Waals surface area contributed by atoms with Crippen molar-refractivity contribution in [1.82, 2.24) is 4.98 Å². The molecule has 0 unspecified atom stereocenters. The highest BCUT2D eigenvalue weighted by Gasteiger charge is 2.21. The predicted octanol–water partition coefficient (Wildman–Crippen LogP) is 4.11. The first-order chi connectivity index (χ1) is 13.7. The van der Waals surface area contributed by atoms with Crippen LogP contribution in [-0.2, 0) is 14.6 Å². The van der Waals surface area contributed by atoms with Gasteiger partial charge in [0, 0.05) is 29.6 Å². The molecule has 0 saturated heterocycles. The summed E-state index contributed by atoms with van der Waals surface area (Å²) in [4.78, 5) is 18.9. The van der Waals surface area contributed by atoms with E-state index in [1.54, 1.807) is 41.4 Å². The number of carbonyl (C=O) groups excluding carboxylic acids is 1. The van der Waals surface area contributed by atoms with Gasteiger partial charge in [0.25, 0.3) is 5.91 Å². The van der Waals surface area contributed by atoms with Gasteiger partial charge in [0.2, 0.25) is 0 Å². The van der Waals surface area contributed by atoms with E-state index in [2.05, 4.69) is 4.98 Å². The first kappa shape index (κ1) is 21.1. The van der Waals surface area contributed by atoms with Crippen molar-refractivity contribution in [2.24, 2.45) is 0 Å². The number of fused-ring (bicyclic) bond motifs is 1. The third kappa shape index (κ3) is 4.68. The monoisotopic (exact) mass is 432 g/mol. The highest BCUT2D eigenvalue weighted by atomic mass is 35.5. The topological polar surface area (TPSA) is 76.6 Å². The van der Waals surface area contributed by atoms with Crippen LogP contribution in [0.25, 0.3) is 10.9 Å². The maximum atomic E-state index is 12.9. The summed E-state index contributed by atoms with van der Waals surface area (Å²) in [5, 5.41) is 1.30. The molecule has 1 heterocycles. The number of carbonyl (C=O) groups is 1. The molecule has 0 spiro atoms. The second-order valence-corrected chi connectivity index (χ2v) is 9.28. The number of benzene rings is 2. The number of nitrogens with zero attached hydrogens (tertiary/aromatic N) is 2. The molecule has 29 heavy (non-hydrogen) atoms. The van der Waals surface area contributed by atoms with E-state index in [-0.39, 0.29) is 23.5 Å². The molecular weight excluding hydrogens is 412 g/mol. The molecule has 1 amide bonds. The fourth-order valence-corrected chi connectivity index (χ4v) is 3.87. The number of ether oxygens (including phenoxy) is 1. The number of halogens is 1. The standard InChI is InChI=1S/C21H21ClN2O4S/c1-14(2)24(15-6-8-16(9-7-15)29(3,26)27)20(25)13-28-19-11-10-18(22)17-5-4-12-23-21(17)19/h4-12,14H,13H2,1-3H3. The molecule has 0 aliphatic rings. The minimum atomic E-state index is -3.30. The Bertz CT molecular complexity index is 1150. The van der Waals surface area contributed by atoms with E-state index < -0.39 is 9.84 Å². The first-order valence-electron chi connectivity index (χ1n) is 8.96. The van der Waals surface area contributed by atoms with Crippen LogP contribution < -0.4 is 9.64 Å². The van der Waals surface area contributed by atoms with Gasteiger partial charge in [-0.15, -0.1) is 0 Å². The summed E-state index contributed by atoms with van der Waals surface area (Å²) < 4.78 is 29.1. The van der Waals surface area contributed by atoms with Gasteiger partial charge in [0.05, 0.1) is 9.92 Å². The summed E-state index contributed by atoms with van der Waals surface area (Å²) >= 11 is 6.20. The fraction of sp³-hybridized carbons (Fsp3) is 0.238. The van der Waals surface area contributed by atoms with Gasteiger partial charge >= 0.3 is 0 Å². The number of hydrogen-bond donors (Lipinski definition) is 0. The molecule has 3 aromatic rings.